The SMILES string of the molecule is COc1ccc2c(c1O)C(=O)c1c(ccc(C)c1O)C2=O. The summed E-state index contributed by atoms with van der Waals surface area (Å²) in [5.41, 5.74) is 0.527. The van der Waals surface area contributed by atoms with Crippen molar-refractivity contribution in [1.82, 2.24) is 0 Å². The van der Waals surface area contributed by atoms with Crippen LogP contribution in [-0.2, 0) is 0 Å². The third-order valence-corrected chi connectivity index (χ3v) is 3.68. The Bertz CT molecular complexity index is 805. The Hall–Kier alpha value is -2.82. The average Bonchev–Trinajstić information content (AvgIpc) is 2.47. The van der Waals surface area contributed by atoms with E-state index in [1.165, 1.54) is 25.3 Å². The highest BCUT2D eigenvalue weighted by molar-refractivity contribution is 6.30. The average molecular weight is 284 g/mol. The maximum Gasteiger partial charge on any atom is 0.202 e. The predicted molar refractivity (Wildman–Crippen MR) is 74.4 cm³/mol. The molecule has 0 aromatic heterocycles. The highest BCUT2D eigenvalue weighted by Gasteiger charge is 2.35. The number of aromatic hydroxyl groups is 2. The zero-order valence-electron chi connectivity index (χ0n) is 11.4. The van der Waals surface area contributed by atoms with Crippen molar-refractivity contribution in [3.63, 3.8) is 0 Å². The van der Waals surface area contributed by atoms with Crippen molar-refractivity contribution in [2.45, 2.75) is 6.92 Å². The number of methoxy groups -OCH3 is 1. The minimum atomic E-state index is -0.586. The Morgan fingerprint density at radius 1 is 0.857 bits per heavy atom. The van der Waals surface area contributed by atoms with Crippen LogP contribution < -0.4 is 4.74 Å². The lowest BCUT2D eigenvalue weighted by atomic mass is 9.82. The number of benzene rings is 2. The topological polar surface area (TPSA) is 83.8 Å². The van der Waals surface area contributed by atoms with Crippen LogP contribution in [0.2, 0.25) is 0 Å². The summed E-state index contributed by atoms with van der Waals surface area (Å²) in [6.45, 7) is 1.63. The van der Waals surface area contributed by atoms with Crippen LogP contribution in [0.3, 0.4) is 0 Å². The van der Waals surface area contributed by atoms with Gasteiger partial charge >= 0.3 is 0 Å². The van der Waals surface area contributed by atoms with Crippen LogP contribution in [0.5, 0.6) is 17.2 Å². The number of ketones is 2. The monoisotopic (exact) mass is 284 g/mol. The Morgan fingerprint density at radius 3 is 2.05 bits per heavy atom. The summed E-state index contributed by atoms with van der Waals surface area (Å²) in [7, 11) is 1.35. The predicted octanol–water partition coefficient (Wildman–Crippen LogP) is 2.19. The summed E-state index contributed by atoms with van der Waals surface area (Å²) in [5.74, 6) is -1.52. The summed E-state index contributed by atoms with van der Waals surface area (Å²) < 4.78 is 4.96. The summed E-state index contributed by atoms with van der Waals surface area (Å²) in [5, 5.41) is 20.2. The lowest BCUT2D eigenvalue weighted by Gasteiger charge is -2.20. The lowest BCUT2D eigenvalue weighted by molar-refractivity contribution is 0.0973. The molecule has 0 fully saturated rings. The van der Waals surface area contributed by atoms with Crippen LogP contribution in [0.15, 0.2) is 24.3 Å². The molecule has 0 aliphatic heterocycles. The fourth-order valence-electron chi connectivity index (χ4n) is 2.54. The third kappa shape index (κ3) is 1.64. The molecule has 0 atom stereocenters. The largest absolute Gasteiger partial charge is 0.507 e. The van der Waals surface area contributed by atoms with Gasteiger partial charge < -0.3 is 14.9 Å². The van der Waals surface area contributed by atoms with Crippen molar-refractivity contribution in [2.75, 3.05) is 7.11 Å². The third-order valence-electron chi connectivity index (χ3n) is 3.68. The number of aryl methyl sites for hydroxylation is 1. The van der Waals surface area contributed by atoms with Gasteiger partial charge in [0.1, 0.15) is 5.75 Å². The molecule has 2 N–H and O–H groups in total. The van der Waals surface area contributed by atoms with Gasteiger partial charge in [0.05, 0.1) is 18.2 Å². The van der Waals surface area contributed by atoms with Crippen LogP contribution in [0.4, 0.5) is 0 Å². The number of phenolic OH excluding ortho intramolecular Hbond substituents is 2. The quantitative estimate of drug-likeness (QED) is 0.715. The van der Waals surface area contributed by atoms with Crippen LogP contribution in [0, 0.1) is 6.92 Å². The van der Waals surface area contributed by atoms with E-state index in [1.54, 1.807) is 13.0 Å². The maximum atomic E-state index is 12.6. The molecule has 106 valence electrons. The number of carbonyl (C=O) groups excluding carboxylic acids is 2. The van der Waals surface area contributed by atoms with E-state index in [2.05, 4.69) is 0 Å². The van der Waals surface area contributed by atoms with Gasteiger partial charge in [-0.15, -0.1) is 0 Å². The summed E-state index contributed by atoms with van der Waals surface area (Å²) in [6.07, 6.45) is 0. The first-order valence-electron chi connectivity index (χ1n) is 6.29. The Balaban J connectivity index is 2.37. The molecule has 0 bridgehead atoms. The molecule has 1 aliphatic rings. The molecule has 0 saturated carbocycles. The highest BCUT2D eigenvalue weighted by atomic mass is 16.5. The van der Waals surface area contributed by atoms with Gasteiger partial charge in [-0.25, -0.2) is 0 Å². The number of rotatable bonds is 1. The minimum Gasteiger partial charge on any atom is -0.507 e. The molecule has 2 aromatic carbocycles. The van der Waals surface area contributed by atoms with Crippen LogP contribution in [0.1, 0.15) is 37.4 Å². The zero-order valence-corrected chi connectivity index (χ0v) is 11.4. The zero-order chi connectivity index (χ0) is 15.3. The van der Waals surface area contributed by atoms with Crippen molar-refractivity contribution >= 4 is 11.6 Å². The van der Waals surface area contributed by atoms with Crippen molar-refractivity contribution in [3.05, 3.63) is 52.1 Å². The van der Waals surface area contributed by atoms with E-state index in [0.29, 0.717) is 5.56 Å². The van der Waals surface area contributed by atoms with Crippen molar-refractivity contribution in [1.29, 1.82) is 0 Å². The number of fused-ring (bicyclic) bond motifs is 2. The van der Waals surface area contributed by atoms with Crippen LogP contribution in [0.25, 0.3) is 0 Å². The second-order valence-corrected chi connectivity index (χ2v) is 4.85. The van der Waals surface area contributed by atoms with Gasteiger partial charge in [-0.1, -0.05) is 6.07 Å². The van der Waals surface area contributed by atoms with E-state index in [9.17, 15) is 19.8 Å². The first-order valence-corrected chi connectivity index (χ1v) is 6.29. The second kappa shape index (κ2) is 4.34. The lowest BCUT2D eigenvalue weighted by Crippen LogP contribution is -2.21. The molecule has 21 heavy (non-hydrogen) atoms. The molecule has 0 spiro atoms. The second-order valence-electron chi connectivity index (χ2n) is 4.85. The van der Waals surface area contributed by atoms with Gasteiger partial charge in [0.15, 0.2) is 17.3 Å². The van der Waals surface area contributed by atoms with Gasteiger partial charge in [-0.05, 0) is 30.7 Å². The molecular formula is C16H12O5. The van der Waals surface area contributed by atoms with Gasteiger partial charge in [0.2, 0.25) is 5.78 Å². The van der Waals surface area contributed by atoms with Crippen molar-refractivity contribution in [3.8, 4) is 17.2 Å². The normalized spacial score (nSPS) is 12.9. The van der Waals surface area contributed by atoms with Gasteiger partial charge in [0.25, 0.3) is 0 Å². The smallest absolute Gasteiger partial charge is 0.202 e. The molecular weight excluding hydrogens is 272 g/mol. The van der Waals surface area contributed by atoms with E-state index < -0.39 is 11.6 Å². The molecule has 3 rings (SSSR count). The highest BCUT2D eigenvalue weighted by Crippen LogP contribution is 2.41. The van der Waals surface area contributed by atoms with Gasteiger partial charge in [-0.2, -0.15) is 0 Å². The molecule has 0 heterocycles. The molecule has 0 unspecified atom stereocenters. The molecule has 5 heteroatoms. The van der Waals surface area contributed by atoms with Gasteiger partial charge in [-0.3, -0.25) is 9.59 Å². The Morgan fingerprint density at radius 2 is 1.43 bits per heavy atom. The van der Waals surface area contributed by atoms with E-state index in [0.717, 1.165) is 0 Å². The summed E-state index contributed by atoms with van der Waals surface area (Å²) in [6, 6.07) is 5.95. The molecule has 5 nitrogen and oxygen atoms in total. The first-order chi connectivity index (χ1) is 9.97. The van der Waals surface area contributed by atoms with Crippen molar-refractivity contribution in [2.24, 2.45) is 0 Å². The number of hydrogen-bond donors (Lipinski definition) is 2. The number of carbonyl (C=O) groups is 2. The van der Waals surface area contributed by atoms with Gasteiger partial charge in [0, 0.05) is 11.1 Å². The fourth-order valence-corrected chi connectivity index (χ4v) is 2.54. The summed E-state index contributed by atoms with van der Waals surface area (Å²) in [4.78, 5) is 25.0. The van der Waals surface area contributed by atoms with Crippen molar-refractivity contribution < 1.29 is 24.5 Å². The Labute approximate surface area is 120 Å². The van der Waals surface area contributed by atoms with E-state index in [1.807, 2.05) is 0 Å². The molecule has 0 amide bonds. The molecule has 2 aromatic rings. The molecule has 0 saturated heterocycles. The fraction of sp³-hybridized carbons (Fsp3) is 0.125. The van der Waals surface area contributed by atoms with E-state index in [4.69, 9.17) is 4.74 Å². The molecule has 1 aliphatic carbocycles. The number of ether oxygens (including phenoxy) is 1. The Kier molecular flexibility index (Phi) is 2.73. The van der Waals surface area contributed by atoms with Crippen LogP contribution in [-0.4, -0.2) is 28.9 Å². The first kappa shape index (κ1) is 13.2. The molecule has 0 radical (unpaired) electrons. The standard InChI is InChI=1S/C16H12O5/c1-7-3-4-8-11(13(7)17)16(20)12-9(14(8)18)5-6-10(21-2)15(12)19/h3-6,17,19H,1-2H3. The maximum absolute atomic E-state index is 12.6. The van der Waals surface area contributed by atoms with Crippen LogP contribution >= 0.6 is 0 Å². The number of phenols is 2. The summed E-state index contributed by atoms with van der Waals surface area (Å²) >= 11 is 0. The van der Waals surface area contributed by atoms with E-state index >= 15 is 0 Å². The minimum absolute atomic E-state index is 0.0731. The van der Waals surface area contributed by atoms with E-state index in [-0.39, 0.29) is 39.5 Å². The number of hydrogen-bond acceptors (Lipinski definition) is 5.